The smallest absolute Gasteiger partial charge is 0.328 e. The molecule has 19 heavy (non-hydrogen) atoms. The minimum atomic E-state index is -0.731. The van der Waals surface area contributed by atoms with Gasteiger partial charge in [-0.15, -0.1) is 6.58 Å². The van der Waals surface area contributed by atoms with E-state index >= 15 is 0 Å². The van der Waals surface area contributed by atoms with E-state index in [4.69, 9.17) is 11.6 Å². The minimum absolute atomic E-state index is 0.339. The fourth-order valence-electron chi connectivity index (χ4n) is 1.53. The fraction of sp³-hybridized carbons (Fsp3) is 0.286. The van der Waals surface area contributed by atoms with Gasteiger partial charge in [-0.05, 0) is 37.6 Å². The number of amides is 1. The Hall–Kier alpha value is -1.81. The first-order valence-corrected chi connectivity index (χ1v) is 6.10. The molecule has 0 aliphatic heterocycles. The van der Waals surface area contributed by atoms with Gasteiger partial charge in [0.15, 0.2) is 0 Å². The molecule has 1 atom stereocenters. The van der Waals surface area contributed by atoms with Crippen molar-refractivity contribution in [2.75, 3.05) is 7.11 Å². The molecule has 102 valence electrons. The second-order valence-electron chi connectivity index (χ2n) is 4.22. The van der Waals surface area contributed by atoms with Gasteiger partial charge >= 0.3 is 5.97 Å². The van der Waals surface area contributed by atoms with E-state index in [1.54, 1.807) is 31.2 Å². The highest BCUT2D eigenvalue weighted by molar-refractivity contribution is 6.30. The van der Waals surface area contributed by atoms with Crippen LogP contribution in [0.3, 0.4) is 0 Å². The summed E-state index contributed by atoms with van der Waals surface area (Å²) in [5.41, 5.74) is 1.21. The topological polar surface area (TPSA) is 55.4 Å². The molecular weight excluding hydrogens is 266 g/mol. The van der Waals surface area contributed by atoms with Gasteiger partial charge in [0.05, 0.1) is 7.11 Å². The van der Waals surface area contributed by atoms with E-state index < -0.39 is 12.0 Å². The standard InChI is InChI=1S/C14H16ClNO3/c1-9(2)8-12(14(18)19-3)16-13(17)10-4-6-11(15)7-5-10/h4-7,12H,1,8H2,2-3H3,(H,16,17)/t12-/m1/s1. The van der Waals surface area contributed by atoms with Gasteiger partial charge in [-0.25, -0.2) is 4.79 Å². The molecular formula is C14H16ClNO3. The zero-order chi connectivity index (χ0) is 14.4. The summed E-state index contributed by atoms with van der Waals surface area (Å²) < 4.78 is 4.65. The summed E-state index contributed by atoms with van der Waals surface area (Å²) in [5, 5.41) is 3.16. The van der Waals surface area contributed by atoms with Crippen LogP contribution in [0.2, 0.25) is 5.02 Å². The third-order valence-electron chi connectivity index (χ3n) is 2.45. The maximum Gasteiger partial charge on any atom is 0.328 e. The number of halogens is 1. The molecule has 4 nitrogen and oxygen atoms in total. The number of carbonyl (C=O) groups excluding carboxylic acids is 2. The van der Waals surface area contributed by atoms with Gasteiger partial charge in [-0.3, -0.25) is 4.79 Å². The lowest BCUT2D eigenvalue weighted by Crippen LogP contribution is -2.41. The lowest BCUT2D eigenvalue weighted by atomic mass is 10.1. The normalized spacial score (nSPS) is 11.5. The molecule has 0 aliphatic rings. The van der Waals surface area contributed by atoms with E-state index in [0.29, 0.717) is 17.0 Å². The molecule has 1 N–H and O–H groups in total. The Morgan fingerprint density at radius 1 is 1.37 bits per heavy atom. The van der Waals surface area contributed by atoms with E-state index in [-0.39, 0.29) is 5.91 Å². The number of benzene rings is 1. The molecule has 0 fully saturated rings. The largest absolute Gasteiger partial charge is 0.467 e. The maximum absolute atomic E-state index is 12.0. The number of ether oxygens (including phenoxy) is 1. The Bertz CT molecular complexity index is 482. The molecule has 0 bridgehead atoms. The predicted octanol–water partition coefficient (Wildman–Crippen LogP) is 2.58. The van der Waals surface area contributed by atoms with E-state index in [1.807, 2.05) is 0 Å². The Morgan fingerprint density at radius 2 is 1.95 bits per heavy atom. The molecule has 0 radical (unpaired) electrons. The number of carbonyl (C=O) groups is 2. The van der Waals surface area contributed by atoms with E-state index in [0.717, 1.165) is 5.57 Å². The van der Waals surface area contributed by atoms with Crippen molar-refractivity contribution in [1.29, 1.82) is 0 Å². The quantitative estimate of drug-likeness (QED) is 0.667. The average molecular weight is 282 g/mol. The SMILES string of the molecule is C=C(C)C[C@@H](NC(=O)c1ccc(Cl)cc1)C(=O)OC. The van der Waals surface area contributed by atoms with Gasteiger partial charge in [0.25, 0.3) is 5.91 Å². The summed E-state index contributed by atoms with van der Waals surface area (Å²) in [5.74, 6) is -0.848. The summed E-state index contributed by atoms with van der Waals surface area (Å²) in [6, 6.07) is 5.68. The van der Waals surface area contributed by atoms with Crippen molar-refractivity contribution in [1.82, 2.24) is 5.32 Å². The van der Waals surface area contributed by atoms with Crippen LogP contribution in [-0.2, 0) is 9.53 Å². The van der Waals surface area contributed by atoms with Crippen molar-refractivity contribution in [3.05, 3.63) is 47.0 Å². The van der Waals surface area contributed by atoms with Crippen LogP contribution in [0.5, 0.6) is 0 Å². The van der Waals surface area contributed by atoms with Gasteiger partial charge in [0.2, 0.25) is 0 Å². The Labute approximate surface area is 117 Å². The Kier molecular flexibility index (Phi) is 5.57. The molecule has 0 spiro atoms. The monoisotopic (exact) mass is 281 g/mol. The van der Waals surface area contributed by atoms with Crippen LogP contribution in [0.1, 0.15) is 23.7 Å². The number of methoxy groups -OCH3 is 1. The van der Waals surface area contributed by atoms with Crippen LogP contribution in [0.15, 0.2) is 36.4 Å². The van der Waals surface area contributed by atoms with E-state index in [1.165, 1.54) is 7.11 Å². The second-order valence-corrected chi connectivity index (χ2v) is 4.65. The lowest BCUT2D eigenvalue weighted by Gasteiger charge is -2.16. The van der Waals surface area contributed by atoms with Gasteiger partial charge in [0, 0.05) is 10.6 Å². The van der Waals surface area contributed by atoms with Crippen LogP contribution in [-0.4, -0.2) is 25.0 Å². The molecule has 0 saturated heterocycles. The van der Waals surface area contributed by atoms with Gasteiger partial charge in [-0.1, -0.05) is 17.2 Å². The van der Waals surface area contributed by atoms with Crippen LogP contribution in [0.4, 0.5) is 0 Å². The molecule has 0 heterocycles. The predicted molar refractivity (Wildman–Crippen MR) is 74.2 cm³/mol. The summed E-state index contributed by atoms with van der Waals surface area (Å²) in [6.45, 7) is 5.51. The van der Waals surface area contributed by atoms with Crippen LogP contribution < -0.4 is 5.32 Å². The van der Waals surface area contributed by atoms with Crippen molar-refractivity contribution in [2.45, 2.75) is 19.4 Å². The Balaban J connectivity index is 2.78. The maximum atomic E-state index is 12.0. The third-order valence-corrected chi connectivity index (χ3v) is 2.70. The van der Waals surface area contributed by atoms with Crippen LogP contribution in [0.25, 0.3) is 0 Å². The van der Waals surface area contributed by atoms with Gasteiger partial charge in [-0.2, -0.15) is 0 Å². The van der Waals surface area contributed by atoms with Crippen LogP contribution in [0, 0.1) is 0 Å². The average Bonchev–Trinajstić information content (AvgIpc) is 2.37. The van der Waals surface area contributed by atoms with Crippen molar-refractivity contribution in [3.8, 4) is 0 Å². The van der Waals surface area contributed by atoms with Gasteiger partial charge in [0.1, 0.15) is 6.04 Å². The zero-order valence-corrected chi connectivity index (χ0v) is 11.7. The zero-order valence-electron chi connectivity index (χ0n) is 10.9. The summed E-state index contributed by atoms with van der Waals surface area (Å²) >= 11 is 5.75. The molecule has 0 unspecified atom stereocenters. The number of esters is 1. The molecule has 1 rings (SSSR count). The summed E-state index contributed by atoms with van der Waals surface area (Å²) in [6.07, 6.45) is 0.339. The molecule has 0 aromatic heterocycles. The number of nitrogens with one attached hydrogen (secondary N) is 1. The second kappa shape index (κ2) is 6.95. The van der Waals surface area contributed by atoms with E-state index in [9.17, 15) is 9.59 Å². The highest BCUT2D eigenvalue weighted by Gasteiger charge is 2.21. The van der Waals surface area contributed by atoms with Crippen molar-refractivity contribution >= 4 is 23.5 Å². The molecule has 1 aromatic rings. The van der Waals surface area contributed by atoms with Crippen LogP contribution >= 0.6 is 11.6 Å². The molecule has 5 heteroatoms. The summed E-state index contributed by atoms with van der Waals surface area (Å²) in [4.78, 5) is 23.5. The van der Waals surface area contributed by atoms with Gasteiger partial charge < -0.3 is 10.1 Å². The highest BCUT2D eigenvalue weighted by Crippen LogP contribution is 2.10. The van der Waals surface area contributed by atoms with Crippen molar-refractivity contribution in [2.24, 2.45) is 0 Å². The molecule has 1 aromatic carbocycles. The number of hydrogen-bond acceptors (Lipinski definition) is 3. The molecule has 1 amide bonds. The first-order chi connectivity index (χ1) is 8.93. The first-order valence-electron chi connectivity index (χ1n) is 5.72. The highest BCUT2D eigenvalue weighted by atomic mass is 35.5. The number of rotatable bonds is 5. The van der Waals surface area contributed by atoms with E-state index in [2.05, 4.69) is 16.6 Å². The minimum Gasteiger partial charge on any atom is -0.467 e. The third kappa shape index (κ3) is 4.75. The van der Waals surface area contributed by atoms with Crippen molar-refractivity contribution in [3.63, 3.8) is 0 Å². The Morgan fingerprint density at radius 3 is 2.42 bits per heavy atom. The lowest BCUT2D eigenvalue weighted by molar-refractivity contribution is -0.142. The molecule has 0 saturated carbocycles. The first kappa shape index (κ1) is 15.2. The van der Waals surface area contributed by atoms with Crippen molar-refractivity contribution < 1.29 is 14.3 Å². The number of hydrogen-bond donors (Lipinski definition) is 1. The fourth-order valence-corrected chi connectivity index (χ4v) is 1.65. The molecule has 0 aliphatic carbocycles. The summed E-state index contributed by atoms with van der Waals surface area (Å²) in [7, 11) is 1.28.